The number of hydrogen-bond donors (Lipinski definition) is 1. The lowest BCUT2D eigenvalue weighted by Crippen LogP contribution is -2.20. The Morgan fingerprint density at radius 3 is 2.50 bits per heavy atom. The van der Waals surface area contributed by atoms with Crippen LogP contribution in [0.1, 0.15) is 12.5 Å². The van der Waals surface area contributed by atoms with Crippen LogP contribution in [0, 0.1) is 0 Å². The molecule has 4 heteroatoms. The summed E-state index contributed by atoms with van der Waals surface area (Å²) in [6.07, 6.45) is -0.0556. The van der Waals surface area contributed by atoms with Crippen LogP contribution in [0.25, 0.3) is 0 Å². The van der Waals surface area contributed by atoms with Crippen molar-refractivity contribution in [1.29, 1.82) is 0 Å². The molecule has 1 aromatic carbocycles. The van der Waals surface area contributed by atoms with Gasteiger partial charge in [-0.3, -0.25) is 0 Å². The van der Waals surface area contributed by atoms with Crippen LogP contribution < -0.4 is 4.74 Å². The molecule has 0 aliphatic heterocycles. The summed E-state index contributed by atoms with van der Waals surface area (Å²) in [4.78, 5) is 10.5. The molecule has 0 aromatic heterocycles. The van der Waals surface area contributed by atoms with Crippen molar-refractivity contribution >= 4 is 5.97 Å². The van der Waals surface area contributed by atoms with Gasteiger partial charge in [-0.15, -0.1) is 0 Å². The summed E-state index contributed by atoms with van der Waals surface area (Å²) in [7, 11) is 1.62. The van der Waals surface area contributed by atoms with E-state index in [1.807, 2.05) is 24.3 Å². The van der Waals surface area contributed by atoms with Crippen molar-refractivity contribution in [2.75, 3.05) is 13.7 Å². The first kappa shape index (κ1) is 12.5. The summed E-state index contributed by atoms with van der Waals surface area (Å²) in [6.45, 7) is 1.93. The number of rotatable bonds is 6. The van der Waals surface area contributed by atoms with Gasteiger partial charge in [0.15, 0.2) is 6.10 Å². The highest BCUT2D eigenvalue weighted by Crippen LogP contribution is 2.11. The molecule has 0 aliphatic carbocycles. The Labute approximate surface area is 94.8 Å². The summed E-state index contributed by atoms with van der Waals surface area (Å²) in [5.41, 5.74) is 1.10. The minimum Gasteiger partial charge on any atom is -0.497 e. The van der Waals surface area contributed by atoms with Gasteiger partial charge in [0.25, 0.3) is 0 Å². The molecule has 0 unspecified atom stereocenters. The van der Waals surface area contributed by atoms with Crippen LogP contribution in [-0.4, -0.2) is 30.9 Å². The Balaban J connectivity index is 2.34. The molecule has 0 radical (unpaired) electrons. The SMILES string of the molecule is COc1ccc(CCO[C@@H](C)C(=O)O)cc1. The molecule has 1 atom stereocenters. The predicted octanol–water partition coefficient (Wildman–Crippen LogP) is 1.73. The predicted molar refractivity (Wildman–Crippen MR) is 59.7 cm³/mol. The average Bonchev–Trinajstić information content (AvgIpc) is 2.29. The van der Waals surface area contributed by atoms with Crippen LogP contribution in [0.3, 0.4) is 0 Å². The fourth-order valence-electron chi connectivity index (χ4n) is 1.22. The quantitative estimate of drug-likeness (QED) is 0.799. The van der Waals surface area contributed by atoms with Gasteiger partial charge in [0.1, 0.15) is 5.75 Å². The van der Waals surface area contributed by atoms with Gasteiger partial charge in [-0.25, -0.2) is 4.79 Å². The first-order valence-electron chi connectivity index (χ1n) is 5.11. The van der Waals surface area contributed by atoms with E-state index in [2.05, 4.69) is 0 Å². The zero-order valence-electron chi connectivity index (χ0n) is 9.47. The molecule has 16 heavy (non-hydrogen) atoms. The van der Waals surface area contributed by atoms with E-state index in [-0.39, 0.29) is 0 Å². The lowest BCUT2D eigenvalue weighted by atomic mass is 10.1. The number of ether oxygens (including phenoxy) is 2. The van der Waals surface area contributed by atoms with Crippen molar-refractivity contribution in [1.82, 2.24) is 0 Å². The number of carboxylic acids is 1. The van der Waals surface area contributed by atoms with E-state index < -0.39 is 12.1 Å². The molecule has 88 valence electrons. The van der Waals surface area contributed by atoms with Crippen molar-refractivity contribution < 1.29 is 19.4 Å². The lowest BCUT2D eigenvalue weighted by molar-refractivity contribution is -0.149. The maximum Gasteiger partial charge on any atom is 0.332 e. The van der Waals surface area contributed by atoms with Gasteiger partial charge in [-0.1, -0.05) is 12.1 Å². The summed E-state index contributed by atoms with van der Waals surface area (Å²) in [5.74, 6) is -0.127. The highest BCUT2D eigenvalue weighted by Gasteiger charge is 2.09. The second-order valence-electron chi connectivity index (χ2n) is 3.45. The van der Waals surface area contributed by atoms with Crippen LogP contribution in [-0.2, 0) is 16.0 Å². The minimum atomic E-state index is -0.935. The molecule has 0 heterocycles. The Hall–Kier alpha value is -1.55. The van der Waals surface area contributed by atoms with Crippen LogP contribution in [0.5, 0.6) is 5.75 Å². The van der Waals surface area contributed by atoms with Crippen LogP contribution >= 0.6 is 0 Å². The minimum absolute atomic E-state index is 0.403. The van der Waals surface area contributed by atoms with Crippen molar-refractivity contribution in [3.8, 4) is 5.75 Å². The van der Waals surface area contributed by atoms with Gasteiger partial charge < -0.3 is 14.6 Å². The second-order valence-corrected chi connectivity index (χ2v) is 3.45. The highest BCUT2D eigenvalue weighted by molar-refractivity contribution is 5.71. The number of carbonyl (C=O) groups is 1. The molecule has 0 saturated carbocycles. The van der Waals surface area contributed by atoms with Gasteiger partial charge in [0, 0.05) is 0 Å². The molecule has 1 N–H and O–H groups in total. The zero-order valence-corrected chi connectivity index (χ0v) is 9.47. The third-order valence-electron chi connectivity index (χ3n) is 2.27. The Morgan fingerprint density at radius 2 is 2.00 bits per heavy atom. The molecular formula is C12H16O4. The van der Waals surface area contributed by atoms with Crippen LogP contribution in [0.4, 0.5) is 0 Å². The summed E-state index contributed by atoms with van der Waals surface area (Å²) in [5, 5.41) is 8.61. The van der Waals surface area contributed by atoms with Gasteiger partial charge in [0.2, 0.25) is 0 Å². The third-order valence-corrected chi connectivity index (χ3v) is 2.27. The van der Waals surface area contributed by atoms with Crippen molar-refractivity contribution in [3.05, 3.63) is 29.8 Å². The molecule has 4 nitrogen and oxygen atoms in total. The monoisotopic (exact) mass is 224 g/mol. The summed E-state index contributed by atoms with van der Waals surface area (Å²) < 4.78 is 10.2. The Morgan fingerprint density at radius 1 is 1.38 bits per heavy atom. The normalized spacial score (nSPS) is 12.1. The molecule has 1 aromatic rings. The molecular weight excluding hydrogens is 208 g/mol. The molecule has 0 saturated heterocycles. The zero-order chi connectivity index (χ0) is 12.0. The van der Waals surface area contributed by atoms with E-state index >= 15 is 0 Å². The first-order chi connectivity index (χ1) is 7.63. The van der Waals surface area contributed by atoms with E-state index in [4.69, 9.17) is 14.6 Å². The number of aliphatic carboxylic acids is 1. The van der Waals surface area contributed by atoms with Crippen LogP contribution in [0.15, 0.2) is 24.3 Å². The largest absolute Gasteiger partial charge is 0.497 e. The Kier molecular flexibility index (Phi) is 4.79. The molecule has 0 spiro atoms. The van der Waals surface area contributed by atoms with Gasteiger partial charge >= 0.3 is 5.97 Å². The lowest BCUT2D eigenvalue weighted by Gasteiger charge is -2.08. The highest BCUT2D eigenvalue weighted by atomic mass is 16.5. The van der Waals surface area contributed by atoms with Crippen LogP contribution in [0.2, 0.25) is 0 Å². The molecule has 0 amide bonds. The molecule has 1 rings (SSSR count). The standard InChI is InChI=1S/C12H16O4/c1-9(12(13)14)16-8-7-10-3-5-11(15-2)6-4-10/h3-6,9H,7-8H2,1-2H3,(H,13,14)/t9-/m0/s1. The Bertz CT molecular complexity index is 331. The molecule has 0 aliphatic rings. The fourth-order valence-corrected chi connectivity index (χ4v) is 1.22. The maximum absolute atomic E-state index is 10.5. The topological polar surface area (TPSA) is 55.8 Å². The number of methoxy groups -OCH3 is 1. The van der Waals surface area contributed by atoms with E-state index in [1.54, 1.807) is 7.11 Å². The van der Waals surface area contributed by atoms with E-state index in [9.17, 15) is 4.79 Å². The summed E-state index contributed by atoms with van der Waals surface area (Å²) >= 11 is 0. The van der Waals surface area contributed by atoms with E-state index in [0.29, 0.717) is 13.0 Å². The average molecular weight is 224 g/mol. The number of carboxylic acid groups (broad SMARTS) is 1. The number of benzene rings is 1. The summed E-state index contributed by atoms with van der Waals surface area (Å²) in [6, 6.07) is 7.62. The van der Waals surface area contributed by atoms with Gasteiger partial charge in [-0.05, 0) is 31.0 Å². The van der Waals surface area contributed by atoms with Crippen molar-refractivity contribution in [3.63, 3.8) is 0 Å². The maximum atomic E-state index is 10.5. The fraction of sp³-hybridized carbons (Fsp3) is 0.417. The number of hydrogen-bond acceptors (Lipinski definition) is 3. The second kappa shape index (κ2) is 6.12. The molecule has 0 fully saturated rings. The molecule has 0 bridgehead atoms. The third kappa shape index (κ3) is 3.90. The van der Waals surface area contributed by atoms with Crippen molar-refractivity contribution in [2.24, 2.45) is 0 Å². The first-order valence-corrected chi connectivity index (χ1v) is 5.11. The smallest absolute Gasteiger partial charge is 0.332 e. The van der Waals surface area contributed by atoms with Gasteiger partial charge in [0.05, 0.1) is 13.7 Å². The van der Waals surface area contributed by atoms with Crippen molar-refractivity contribution in [2.45, 2.75) is 19.4 Å². The van der Waals surface area contributed by atoms with E-state index in [0.717, 1.165) is 11.3 Å². The van der Waals surface area contributed by atoms with E-state index in [1.165, 1.54) is 6.92 Å². The van der Waals surface area contributed by atoms with Gasteiger partial charge in [-0.2, -0.15) is 0 Å².